The molecule has 0 fully saturated rings. The van der Waals surface area contributed by atoms with Crippen LogP contribution < -0.4 is 9.47 Å². The Morgan fingerprint density at radius 1 is 1.20 bits per heavy atom. The van der Waals surface area contributed by atoms with Crippen molar-refractivity contribution in [1.29, 1.82) is 0 Å². The molecule has 1 rings (SSSR count). The Hall–Kier alpha value is -2.40. The summed E-state index contributed by atoms with van der Waals surface area (Å²) in [6.45, 7) is 4.67. The molecular weight excluding hydrogens is 466 g/mol. The van der Waals surface area contributed by atoms with Crippen LogP contribution in [0.5, 0.6) is 11.5 Å². The Bertz CT molecular complexity index is 759. The quantitative estimate of drug-likeness (QED) is 0.154. The number of carbonyl (C=O) groups is 2. The van der Waals surface area contributed by atoms with E-state index >= 15 is 0 Å². The first kappa shape index (κ1) is 25.6. The molecule has 0 aliphatic carbocycles. The Balaban J connectivity index is 2.48. The molecule has 1 aromatic carbocycles. The topological polar surface area (TPSA) is 134 Å². The van der Waals surface area contributed by atoms with Crippen LogP contribution in [-0.4, -0.2) is 53.2 Å². The standard InChI is InChI=1S/C19H26BrNO9/c1-12(22)13-10-15(27-4)16(11-14(13)21(25)26)28-7-5-6-17(23)29-8-9-30-18(24)19(2,3)20/h10-12,22H,5-9H2,1-4H3. The highest BCUT2D eigenvalue weighted by atomic mass is 79.9. The SMILES string of the molecule is COc1cc(C(C)O)c([N+](=O)[O-])cc1OCCCC(=O)OCCOC(=O)C(C)(C)Br. The maximum Gasteiger partial charge on any atom is 0.322 e. The summed E-state index contributed by atoms with van der Waals surface area (Å²) in [5, 5.41) is 20.9. The van der Waals surface area contributed by atoms with Crippen molar-refractivity contribution in [3.8, 4) is 11.5 Å². The van der Waals surface area contributed by atoms with Crippen molar-refractivity contribution >= 4 is 33.6 Å². The van der Waals surface area contributed by atoms with Gasteiger partial charge in [-0.2, -0.15) is 0 Å². The van der Waals surface area contributed by atoms with Crippen LogP contribution in [0.1, 0.15) is 45.3 Å². The van der Waals surface area contributed by atoms with Crippen LogP contribution in [0.15, 0.2) is 12.1 Å². The lowest BCUT2D eigenvalue weighted by molar-refractivity contribution is -0.386. The lowest BCUT2D eigenvalue weighted by atomic mass is 10.1. The highest BCUT2D eigenvalue weighted by molar-refractivity contribution is 9.10. The molecule has 0 heterocycles. The number of halogens is 1. The van der Waals surface area contributed by atoms with Crippen LogP contribution in [-0.2, 0) is 19.1 Å². The van der Waals surface area contributed by atoms with E-state index in [-0.39, 0.29) is 49.0 Å². The zero-order valence-corrected chi connectivity index (χ0v) is 18.9. The van der Waals surface area contributed by atoms with Gasteiger partial charge in [0, 0.05) is 6.42 Å². The van der Waals surface area contributed by atoms with Crippen LogP contribution in [0.2, 0.25) is 0 Å². The smallest absolute Gasteiger partial charge is 0.322 e. The summed E-state index contributed by atoms with van der Waals surface area (Å²) in [5.74, 6) is -0.589. The average Bonchev–Trinajstić information content (AvgIpc) is 2.66. The summed E-state index contributed by atoms with van der Waals surface area (Å²) < 4.78 is 19.8. The van der Waals surface area contributed by atoms with Crippen LogP contribution in [0.25, 0.3) is 0 Å². The third-order valence-electron chi connectivity index (χ3n) is 3.81. The molecule has 0 bridgehead atoms. The minimum atomic E-state index is -1.05. The fourth-order valence-corrected chi connectivity index (χ4v) is 2.38. The number of ether oxygens (including phenoxy) is 4. The predicted molar refractivity (Wildman–Crippen MR) is 110 cm³/mol. The van der Waals surface area contributed by atoms with Crippen molar-refractivity contribution < 1.29 is 38.6 Å². The molecule has 0 aliphatic heterocycles. The predicted octanol–water partition coefficient (Wildman–Crippen LogP) is 3.08. The number of nitro groups is 1. The molecule has 1 N–H and O–H groups in total. The van der Waals surface area contributed by atoms with Crippen LogP contribution in [0, 0.1) is 10.1 Å². The number of benzene rings is 1. The second-order valence-electron chi connectivity index (χ2n) is 6.78. The van der Waals surface area contributed by atoms with E-state index in [0.29, 0.717) is 6.42 Å². The molecule has 0 aliphatic rings. The Morgan fingerprint density at radius 2 is 1.83 bits per heavy atom. The van der Waals surface area contributed by atoms with Gasteiger partial charge in [-0.3, -0.25) is 19.7 Å². The van der Waals surface area contributed by atoms with Gasteiger partial charge in [-0.1, -0.05) is 15.9 Å². The summed E-state index contributed by atoms with van der Waals surface area (Å²) in [6, 6.07) is 2.53. The first-order chi connectivity index (χ1) is 14.0. The lowest BCUT2D eigenvalue weighted by Gasteiger charge is -2.15. The molecule has 1 atom stereocenters. The summed E-state index contributed by atoms with van der Waals surface area (Å²) in [6.07, 6.45) is -0.709. The molecule has 168 valence electrons. The molecule has 11 heteroatoms. The highest BCUT2D eigenvalue weighted by Gasteiger charge is 2.25. The summed E-state index contributed by atoms with van der Waals surface area (Å²) in [7, 11) is 1.38. The number of aliphatic hydroxyl groups is 1. The summed E-state index contributed by atoms with van der Waals surface area (Å²) >= 11 is 3.16. The number of rotatable bonds is 12. The Labute approximate surface area is 182 Å². The molecule has 0 aromatic heterocycles. The molecule has 10 nitrogen and oxygen atoms in total. The molecule has 1 aromatic rings. The van der Waals surface area contributed by atoms with Crippen LogP contribution in [0.4, 0.5) is 5.69 Å². The maximum atomic E-state index is 11.7. The van der Waals surface area contributed by atoms with Crippen LogP contribution >= 0.6 is 15.9 Å². The van der Waals surface area contributed by atoms with Gasteiger partial charge in [0.25, 0.3) is 5.69 Å². The summed E-state index contributed by atoms with van der Waals surface area (Å²) in [5.41, 5.74) is -0.182. The minimum absolute atomic E-state index is 0.0490. The molecule has 1 unspecified atom stereocenters. The van der Waals surface area contributed by atoms with Crippen molar-refractivity contribution in [3.63, 3.8) is 0 Å². The number of alkyl halides is 1. The first-order valence-corrected chi connectivity index (χ1v) is 9.95. The highest BCUT2D eigenvalue weighted by Crippen LogP contribution is 2.37. The number of methoxy groups -OCH3 is 1. The fraction of sp³-hybridized carbons (Fsp3) is 0.579. The lowest BCUT2D eigenvalue weighted by Crippen LogP contribution is -2.28. The molecule has 0 spiro atoms. The van der Waals surface area contributed by atoms with Gasteiger partial charge in [0.15, 0.2) is 11.5 Å². The Kier molecular flexibility index (Phi) is 10.00. The third-order valence-corrected chi connectivity index (χ3v) is 4.13. The van der Waals surface area contributed by atoms with Gasteiger partial charge in [-0.15, -0.1) is 0 Å². The molecule has 0 radical (unpaired) electrons. The van der Waals surface area contributed by atoms with Crippen molar-refractivity contribution in [3.05, 3.63) is 27.8 Å². The van der Waals surface area contributed by atoms with E-state index < -0.39 is 27.3 Å². The maximum absolute atomic E-state index is 11.7. The largest absolute Gasteiger partial charge is 0.493 e. The van der Waals surface area contributed by atoms with Gasteiger partial charge < -0.3 is 24.1 Å². The number of nitrogens with zero attached hydrogens (tertiary/aromatic N) is 1. The van der Waals surface area contributed by atoms with Crippen molar-refractivity contribution in [2.45, 2.75) is 44.0 Å². The van der Waals surface area contributed by atoms with Gasteiger partial charge in [-0.05, 0) is 33.3 Å². The average molecular weight is 492 g/mol. The second-order valence-corrected chi connectivity index (χ2v) is 8.76. The van der Waals surface area contributed by atoms with E-state index in [1.54, 1.807) is 13.8 Å². The molecule has 0 saturated carbocycles. The number of esters is 2. The van der Waals surface area contributed by atoms with Gasteiger partial charge in [0.2, 0.25) is 0 Å². The number of nitro benzene ring substituents is 1. The molecule has 0 saturated heterocycles. The van der Waals surface area contributed by atoms with Crippen LogP contribution in [0.3, 0.4) is 0 Å². The van der Waals surface area contributed by atoms with Gasteiger partial charge in [-0.25, -0.2) is 0 Å². The summed E-state index contributed by atoms with van der Waals surface area (Å²) in [4.78, 5) is 33.9. The molecule has 0 amide bonds. The van der Waals surface area contributed by atoms with Crippen molar-refractivity contribution in [1.82, 2.24) is 0 Å². The van der Waals surface area contributed by atoms with E-state index in [0.717, 1.165) is 0 Å². The second kappa shape index (κ2) is 11.7. The molecule has 30 heavy (non-hydrogen) atoms. The fourth-order valence-electron chi connectivity index (χ4n) is 2.26. The van der Waals surface area contributed by atoms with Crippen molar-refractivity contribution in [2.24, 2.45) is 0 Å². The Morgan fingerprint density at radius 3 is 2.37 bits per heavy atom. The number of aliphatic hydroxyl groups excluding tert-OH is 1. The third kappa shape index (κ3) is 8.15. The van der Waals surface area contributed by atoms with E-state index in [1.807, 2.05) is 0 Å². The zero-order chi connectivity index (χ0) is 22.9. The minimum Gasteiger partial charge on any atom is -0.493 e. The van der Waals surface area contributed by atoms with E-state index in [2.05, 4.69) is 15.9 Å². The van der Waals surface area contributed by atoms with E-state index in [4.69, 9.17) is 18.9 Å². The molecular formula is C19H26BrNO9. The van der Waals surface area contributed by atoms with E-state index in [9.17, 15) is 24.8 Å². The van der Waals surface area contributed by atoms with Gasteiger partial charge in [0.05, 0.1) is 36.4 Å². The first-order valence-electron chi connectivity index (χ1n) is 9.16. The normalized spacial score (nSPS) is 12.1. The van der Waals surface area contributed by atoms with E-state index in [1.165, 1.54) is 26.2 Å². The van der Waals surface area contributed by atoms with Crippen molar-refractivity contribution in [2.75, 3.05) is 26.9 Å². The zero-order valence-electron chi connectivity index (χ0n) is 17.3. The monoisotopic (exact) mass is 491 g/mol. The number of hydrogen-bond acceptors (Lipinski definition) is 9. The number of hydrogen-bond donors (Lipinski definition) is 1. The number of carbonyl (C=O) groups excluding carboxylic acids is 2. The van der Waals surface area contributed by atoms with Gasteiger partial charge >= 0.3 is 11.9 Å². The van der Waals surface area contributed by atoms with Gasteiger partial charge in [0.1, 0.15) is 17.5 Å².